The zero-order chi connectivity index (χ0) is 19.3. The van der Waals surface area contributed by atoms with Gasteiger partial charge in [0.1, 0.15) is 6.54 Å². The summed E-state index contributed by atoms with van der Waals surface area (Å²) in [6, 6.07) is 7.34. The first-order valence-corrected chi connectivity index (χ1v) is 9.79. The van der Waals surface area contributed by atoms with Gasteiger partial charge in [-0.15, -0.1) is 24.0 Å². The number of nitrogens with one attached hydrogen (secondary N) is 2. The van der Waals surface area contributed by atoms with Gasteiger partial charge in [0.25, 0.3) is 0 Å². The molecule has 0 atom stereocenters. The van der Waals surface area contributed by atoms with Crippen LogP contribution in [0, 0.1) is 0 Å². The third-order valence-corrected chi connectivity index (χ3v) is 3.90. The first-order valence-electron chi connectivity index (χ1n) is 9.41. The summed E-state index contributed by atoms with van der Waals surface area (Å²) >= 11 is 6.00. The molecule has 0 spiro atoms. The van der Waals surface area contributed by atoms with Crippen molar-refractivity contribution in [1.29, 1.82) is 0 Å². The Kier molecular flexibility index (Phi) is 12.8. The van der Waals surface area contributed by atoms with E-state index in [2.05, 4.69) is 32.7 Å². The summed E-state index contributed by atoms with van der Waals surface area (Å²) in [4.78, 5) is 8.86. The van der Waals surface area contributed by atoms with E-state index < -0.39 is 0 Å². The lowest BCUT2D eigenvalue weighted by Gasteiger charge is -2.10. The van der Waals surface area contributed by atoms with Gasteiger partial charge in [-0.2, -0.15) is 4.98 Å². The van der Waals surface area contributed by atoms with E-state index in [0.717, 1.165) is 51.1 Å². The molecule has 0 radical (unpaired) electrons. The van der Waals surface area contributed by atoms with E-state index in [1.165, 1.54) is 0 Å². The van der Waals surface area contributed by atoms with Crippen molar-refractivity contribution in [2.24, 2.45) is 4.99 Å². The maximum atomic E-state index is 6.00. The number of unbranched alkanes of at least 4 members (excludes halogenated alkanes) is 1. The van der Waals surface area contributed by atoms with Crippen LogP contribution in [-0.4, -0.2) is 42.4 Å². The molecule has 156 valence electrons. The molecule has 0 amide bonds. The maximum Gasteiger partial charge on any atom is 0.248 e. The van der Waals surface area contributed by atoms with Crippen LogP contribution >= 0.6 is 35.6 Å². The molecule has 28 heavy (non-hydrogen) atoms. The Labute approximate surface area is 188 Å². The lowest BCUT2D eigenvalue weighted by atomic mass is 10.2. The van der Waals surface area contributed by atoms with E-state index in [-0.39, 0.29) is 24.0 Å². The summed E-state index contributed by atoms with van der Waals surface area (Å²) in [5, 5.41) is 11.1. The second-order valence-electron chi connectivity index (χ2n) is 5.96. The Balaban J connectivity index is 0.00000392. The Morgan fingerprint density at radius 1 is 1.21 bits per heavy atom. The minimum absolute atomic E-state index is 0. The smallest absolute Gasteiger partial charge is 0.248 e. The average Bonchev–Trinajstić information content (AvgIpc) is 3.14. The van der Waals surface area contributed by atoms with Gasteiger partial charge >= 0.3 is 0 Å². The largest absolute Gasteiger partial charge is 0.381 e. The van der Waals surface area contributed by atoms with Crippen LogP contribution < -0.4 is 10.6 Å². The Bertz CT molecular complexity index is 711. The van der Waals surface area contributed by atoms with Crippen LogP contribution in [0.3, 0.4) is 0 Å². The van der Waals surface area contributed by atoms with Gasteiger partial charge in [-0.05, 0) is 31.9 Å². The summed E-state index contributed by atoms with van der Waals surface area (Å²) in [7, 11) is 0. The van der Waals surface area contributed by atoms with E-state index in [0.29, 0.717) is 29.2 Å². The van der Waals surface area contributed by atoms with Gasteiger partial charge in [0, 0.05) is 36.9 Å². The normalized spacial score (nSPS) is 11.2. The third kappa shape index (κ3) is 9.20. The summed E-state index contributed by atoms with van der Waals surface area (Å²) in [6.07, 6.45) is 3.19. The molecule has 9 heteroatoms. The maximum absolute atomic E-state index is 6.00. The molecule has 1 heterocycles. The van der Waals surface area contributed by atoms with Gasteiger partial charge in [-0.3, -0.25) is 0 Å². The van der Waals surface area contributed by atoms with Gasteiger partial charge < -0.3 is 19.9 Å². The minimum Gasteiger partial charge on any atom is -0.381 e. The van der Waals surface area contributed by atoms with E-state index in [1.807, 2.05) is 19.1 Å². The number of aliphatic imine (C=N–C) groups is 1. The van der Waals surface area contributed by atoms with Crippen LogP contribution in [0.15, 0.2) is 33.8 Å². The highest BCUT2D eigenvalue weighted by Crippen LogP contribution is 2.19. The quantitative estimate of drug-likeness (QED) is 0.199. The molecule has 0 aliphatic heterocycles. The third-order valence-electron chi connectivity index (χ3n) is 3.67. The number of aromatic nitrogens is 2. The molecule has 2 rings (SSSR count). The molecular formula is C19H29ClIN5O2. The molecule has 2 N–H and O–H groups in total. The second-order valence-corrected chi connectivity index (χ2v) is 6.40. The number of rotatable bonds is 11. The monoisotopic (exact) mass is 521 g/mol. The van der Waals surface area contributed by atoms with Crippen molar-refractivity contribution in [3.8, 4) is 11.4 Å². The van der Waals surface area contributed by atoms with Crippen LogP contribution in [-0.2, 0) is 11.3 Å². The zero-order valence-electron chi connectivity index (χ0n) is 16.4. The van der Waals surface area contributed by atoms with Crippen molar-refractivity contribution in [2.75, 3.05) is 26.3 Å². The Morgan fingerprint density at radius 2 is 2.04 bits per heavy atom. The number of hydrogen-bond donors (Lipinski definition) is 2. The van der Waals surface area contributed by atoms with E-state index in [1.54, 1.807) is 12.1 Å². The number of nitrogens with zero attached hydrogens (tertiary/aromatic N) is 3. The summed E-state index contributed by atoms with van der Waals surface area (Å²) in [5.41, 5.74) is 0.814. The summed E-state index contributed by atoms with van der Waals surface area (Å²) in [6.45, 7) is 7.62. The average molecular weight is 522 g/mol. The number of ether oxygens (including phenoxy) is 1. The van der Waals surface area contributed by atoms with Crippen molar-refractivity contribution in [2.45, 2.75) is 39.7 Å². The first kappa shape index (κ1) is 24.6. The topological polar surface area (TPSA) is 84.6 Å². The van der Waals surface area contributed by atoms with E-state index in [4.69, 9.17) is 20.9 Å². The van der Waals surface area contributed by atoms with Gasteiger partial charge in [0.2, 0.25) is 11.7 Å². The van der Waals surface area contributed by atoms with Crippen LogP contribution in [0.1, 0.15) is 39.0 Å². The van der Waals surface area contributed by atoms with Gasteiger partial charge in [-0.25, -0.2) is 4.99 Å². The molecule has 2 aromatic rings. The van der Waals surface area contributed by atoms with Gasteiger partial charge in [0.05, 0.1) is 0 Å². The molecular weight excluding hydrogens is 493 g/mol. The van der Waals surface area contributed by atoms with Gasteiger partial charge in [-0.1, -0.05) is 42.2 Å². The number of hydrogen-bond acceptors (Lipinski definition) is 5. The minimum atomic E-state index is 0. The van der Waals surface area contributed by atoms with Crippen LogP contribution in [0.25, 0.3) is 11.4 Å². The molecule has 0 aliphatic carbocycles. The fourth-order valence-corrected chi connectivity index (χ4v) is 2.47. The van der Waals surface area contributed by atoms with Crippen LogP contribution in [0.5, 0.6) is 0 Å². The lowest BCUT2D eigenvalue weighted by molar-refractivity contribution is 0.129. The van der Waals surface area contributed by atoms with E-state index in [9.17, 15) is 0 Å². The standard InChI is InChI=1S/C19H28ClN5O2.HI/c1-3-5-11-26-12-7-10-22-19(21-4-2)23-14-17-24-18(25-27-17)15-8-6-9-16(20)13-15;/h6,8-9,13H,3-5,7,10-12,14H2,1-2H3,(H2,21,22,23);1H. The highest BCUT2D eigenvalue weighted by molar-refractivity contribution is 14.0. The molecule has 7 nitrogen and oxygen atoms in total. The highest BCUT2D eigenvalue weighted by atomic mass is 127. The highest BCUT2D eigenvalue weighted by Gasteiger charge is 2.09. The first-order chi connectivity index (χ1) is 13.2. The fraction of sp³-hybridized carbons (Fsp3) is 0.526. The molecule has 0 saturated carbocycles. The summed E-state index contributed by atoms with van der Waals surface area (Å²) in [5.74, 6) is 1.67. The number of benzene rings is 1. The van der Waals surface area contributed by atoms with Crippen molar-refractivity contribution in [3.63, 3.8) is 0 Å². The molecule has 0 aliphatic rings. The lowest BCUT2D eigenvalue weighted by Crippen LogP contribution is -2.38. The predicted molar refractivity (Wildman–Crippen MR) is 123 cm³/mol. The molecule has 0 fully saturated rings. The Morgan fingerprint density at radius 3 is 2.79 bits per heavy atom. The fourth-order valence-electron chi connectivity index (χ4n) is 2.28. The molecule has 1 aromatic carbocycles. The molecule has 0 saturated heterocycles. The zero-order valence-corrected chi connectivity index (χ0v) is 19.5. The van der Waals surface area contributed by atoms with Crippen molar-refractivity contribution < 1.29 is 9.26 Å². The van der Waals surface area contributed by atoms with Crippen molar-refractivity contribution in [3.05, 3.63) is 35.2 Å². The summed E-state index contributed by atoms with van der Waals surface area (Å²) < 4.78 is 10.8. The van der Waals surface area contributed by atoms with Crippen molar-refractivity contribution in [1.82, 2.24) is 20.8 Å². The van der Waals surface area contributed by atoms with E-state index >= 15 is 0 Å². The SMILES string of the molecule is CCCCOCCCNC(=NCc1nc(-c2cccc(Cl)c2)no1)NCC.I. The Hall–Kier alpha value is -1.39. The number of guanidine groups is 1. The molecule has 0 unspecified atom stereocenters. The molecule has 1 aromatic heterocycles. The second kappa shape index (κ2) is 14.6. The van der Waals surface area contributed by atoms with Gasteiger partial charge in [0.15, 0.2) is 5.96 Å². The van der Waals surface area contributed by atoms with Crippen LogP contribution in [0.2, 0.25) is 5.02 Å². The predicted octanol–water partition coefficient (Wildman–Crippen LogP) is 4.27. The van der Waals surface area contributed by atoms with Crippen LogP contribution in [0.4, 0.5) is 0 Å². The molecule has 0 bridgehead atoms. The number of halogens is 2. The van der Waals surface area contributed by atoms with Crippen molar-refractivity contribution >= 4 is 41.5 Å².